The average Bonchev–Trinajstić information content (AvgIpc) is 3.15. The van der Waals surface area contributed by atoms with Gasteiger partial charge in [-0.3, -0.25) is 14.7 Å². The molecule has 0 aromatic heterocycles. The summed E-state index contributed by atoms with van der Waals surface area (Å²) >= 11 is 0. The van der Waals surface area contributed by atoms with Crippen LogP contribution in [0, 0.1) is 11.3 Å². The molecule has 25 heavy (non-hydrogen) atoms. The maximum atomic E-state index is 11.7. The van der Waals surface area contributed by atoms with Crippen molar-refractivity contribution in [3.63, 3.8) is 0 Å². The van der Waals surface area contributed by atoms with Gasteiger partial charge in [-0.15, -0.1) is 0 Å². The summed E-state index contributed by atoms with van der Waals surface area (Å²) in [6, 6.07) is 0.618. The maximum absolute atomic E-state index is 11.7. The molecule has 6 nitrogen and oxygen atoms in total. The number of aliphatic imine (C=N–C) groups is 1. The summed E-state index contributed by atoms with van der Waals surface area (Å²) in [5.41, 5.74) is 0.115. The van der Waals surface area contributed by atoms with E-state index in [-0.39, 0.29) is 11.3 Å². The van der Waals surface area contributed by atoms with Crippen LogP contribution in [-0.2, 0) is 4.79 Å². The lowest BCUT2D eigenvalue weighted by atomic mass is 9.79. The topological polar surface area (TPSA) is 60.0 Å². The number of hydrogen-bond acceptors (Lipinski definition) is 3. The first-order chi connectivity index (χ1) is 12.0. The Morgan fingerprint density at radius 3 is 2.92 bits per heavy atom. The second-order valence-electron chi connectivity index (χ2n) is 8.59. The quantitative estimate of drug-likeness (QED) is 0.593. The van der Waals surface area contributed by atoms with Crippen molar-refractivity contribution in [2.45, 2.75) is 52.0 Å². The first-order valence-electron chi connectivity index (χ1n) is 9.98. The van der Waals surface area contributed by atoms with E-state index in [1.54, 1.807) is 0 Å². The lowest BCUT2D eigenvalue weighted by Gasteiger charge is -2.41. The molecule has 3 aliphatic rings. The number of amides is 1. The minimum atomic E-state index is 0.115. The fourth-order valence-electron chi connectivity index (χ4n) is 4.81. The van der Waals surface area contributed by atoms with Crippen LogP contribution in [0.15, 0.2) is 4.99 Å². The summed E-state index contributed by atoms with van der Waals surface area (Å²) < 4.78 is 0. The highest BCUT2D eigenvalue weighted by atomic mass is 16.1. The zero-order valence-electron chi connectivity index (χ0n) is 16.2. The van der Waals surface area contributed by atoms with Crippen LogP contribution in [-0.4, -0.2) is 74.0 Å². The molecule has 2 N–H and O–H groups in total. The molecule has 3 saturated heterocycles. The van der Waals surface area contributed by atoms with Crippen molar-refractivity contribution in [1.82, 2.24) is 20.4 Å². The van der Waals surface area contributed by atoms with E-state index in [1.807, 2.05) is 7.05 Å². The minimum absolute atomic E-state index is 0.115. The molecule has 3 aliphatic heterocycles. The number of likely N-dealkylation sites (tertiary alicyclic amines) is 2. The third-order valence-electron chi connectivity index (χ3n) is 5.96. The molecule has 3 fully saturated rings. The molecule has 1 amide bonds. The van der Waals surface area contributed by atoms with Crippen LogP contribution in [0.5, 0.6) is 0 Å². The Balaban J connectivity index is 1.55. The fourth-order valence-corrected chi connectivity index (χ4v) is 4.81. The molecule has 3 heterocycles. The van der Waals surface area contributed by atoms with Crippen LogP contribution in [0.2, 0.25) is 0 Å². The largest absolute Gasteiger partial charge is 0.355 e. The van der Waals surface area contributed by atoms with Gasteiger partial charge >= 0.3 is 0 Å². The molecule has 0 aromatic rings. The van der Waals surface area contributed by atoms with Gasteiger partial charge in [0.2, 0.25) is 5.91 Å². The second kappa shape index (κ2) is 7.94. The van der Waals surface area contributed by atoms with Crippen molar-refractivity contribution in [3.05, 3.63) is 0 Å². The second-order valence-corrected chi connectivity index (χ2v) is 8.59. The number of piperidine rings is 1. The van der Waals surface area contributed by atoms with E-state index in [2.05, 4.69) is 39.3 Å². The predicted molar refractivity (Wildman–Crippen MR) is 102 cm³/mol. The van der Waals surface area contributed by atoms with E-state index < -0.39 is 0 Å². The lowest BCUT2D eigenvalue weighted by molar-refractivity contribution is -0.119. The Morgan fingerprint density at radius 1 is 1.40 bits per heavy atom. The van der Waals surface area contributed by atoms with Gasteiger partial charge in [-0.1, -0.05) is 13.8 Å². The molecule has 0 aromatic carbocycles. The Kier molecular flexibility index (Phi) is 5.87. The summed E-state index contributed by atoms with van der Waals surface area (Å²) in [5.74, 6) is 1.93. The van der Waals surface area contributed by atoms with Gasteiger partial charge in [0, 0.05) is 57.6 Å². The van der Waals surface area contributed by atoms with Gasteiger partial charge in [-0.2, -0.15) is 0 Å². The van der Waals surface area contributed by atoms with E-state index in [1.165, 1.54) is 25.9 Å². The number of carbonyl (C=O) groups excluding carboxylic acids is 1. The number of hydrogen-bond donors (Lipinski definition) is 2. The Hall–Kier alpha value is -1.30. The zero-order valence-corrected chi connectivity index (χ0v) is 16.2. The standard InChI is InChI=1S/C19H35N5O/c1-15(2)12-23-8-4-6-16(23)11-21-18(20-3)24-9-5-7-19(14-24)10-17(25)22-13-19/h15-16H,4-14H2,1-3H3,(H,20,21)(H,22,25)/t16-,19?/m1/s1. The number of guanidine groups is 1. The van der Waals surface area contributed by atoms with Crippen LogP contribution >= 0.6 is 0 Å². The Labute approximate surface area is 152 Å². The van der Waals surface area contributed by atoms with Gasteiger partial charge < -0.3 is 15.5 Å². The first-order valence-corrected chi connectivity index (χ1v) is 9.98. The number of nitrogens with zero attached hydrogens (tertiary/aromatic N) is 3. The molecule has 1 unspecified atom stereocenters. The molecule has 0 saturated carbocycles. The molecular weight excluding hydrogens is 314 g/mol. The highest BCUT2D eigenvalue weighted by Crippen LogP contribution is 2.36. The minimum Gasteiger partial charge on any atom is -0.355 e. The van der Waals surface area contributed by atoms with Crippen molar-refractivity contribution in [2.24, 2.45) is 16.3 Å². The van der Waals surface area contributed by atoms with Gasteiger partial charge in [-0.05, 0) is 38.1 Å². The summed E-state index contributed by atoms with van der Waals surface area (Å²) in [5, 5.41) is 6.66. The van der Waals surface area contributed by atoms with E-state index in [4.69, 9.17) is 0 Å². The van der Waals surface area contributed by atoms with Gasteiger partial charge in [0.05, 0.1) is 0 Å². The van der Waals surface area contributed by atoms with Crippen molar-refractivity contribution in [2.75, 3.05) is 46.3 Å². The zero-order chi connectivity index (χ0) is 17.9. The molecule has 0 aliphatic carbocycles. The van der Waals surface area contributed by atoms with Crippen LogP contribution in [0.3, 0.4) is 0 Å². The maximum Gasteiger partial charge on any atom is 0.220 e. The predicted octanol–water partition coefficient (Wildman–Crippen LogP) is 1.28. The molecule has 3 rings (SSSR count). The van der Waals surface area contributed by atoms with E-state index in [0.717, 1.165) is 45.0 Å². The molecule has 1 spiro atoms. The van der Waals surface area contributed by atoms with Crippen molar-refractivity contribution >= 4 is 11.9 Å². The summed E-state index contributed by atoms with van der Waals surface area (Å²) in [7, 11) is 1.88. The fraction of sp³-hybridized carbons (Fsp3) is 0.895. The summed E-state index contributed by atoms with van der Waals surface area (Å²) in [6.07, 6.45) is 5.53. The van der Waals surface area contributed by atoms with Gasteiger partial charge in [0.25, 0.3) is 0 Å². The smallest absolute Gasteiger partial charge is 0.220 e. The van der Waals surface area contributed by atoms with Crippen LogP contribution in [0.1, 0.15) is 46.0 Å². The Morgan fingerprint density at radius 2 is 2.24 bits per heavy atom. The van der Waals surface area contributed by atoms with Crippen LogP contribution in [0.25, 0.3) is 0 Å². The van der Waals surface area contributed by atoms with E-state index in [0.29, 0.717) is 18.4 Å². The molecule has 0 radical (unpaired) electrons. The molecule has 2 atom stereocenters. The molecule has 0 bridgehead atoms. The third kappa shape index (κ3) is 4.46. The summed E-state index contributed by atoms with van der Waals surface area (Å²) in [4.78, 5) is 21.2. The number of rotatable bonds is 4. The van der Waals surface area contributed by atoms with Crippen molar-refractivity contribution < 1.29 is 4.79 Å². The highest BCUT2D eigenvalue weighted by molar-refractivity contribution is 5.81. The van der Waals surface area contributed by atoms with Crippen molar-refractivity contribution in [3.8, 4) is 0 Å². The monoisotopic (exact) mass is 349 g/mol. The number of carbonyl (C=O) groups is 1. The lowest BCUT2D eigenvalue weighted by Crippen LogP contribution is -2.53. The van der Waals surface area contributed by atoms with E-state index in [9.17, 15) is 4.79 Å². The first kappa shape index (κ1) is 18.5. The molecular formula is C19H35N5O. The highest BCUT2D eigenvalue weighted by Gasteiger charge is 2.42. The van der Waals surface area contributed by atoms with Crippen molar-refractivity contribution in [1.29, 1.82) is 0 Å². The van der Waals surface area contributed by atoms with Crippen LogP contribution < -0.4 is 10.6 Å². The third-order valence-corrected chi connectivity index (χ3v) is 5.96. The van der Waals surface area contributed by atoms with E-state index >= 15 is 0 Å². The molecule has 6 heteroatoms. The van der Waals surface area contributed by atoms with Gasteiger partial charge in [0.15, 0.2) is 5.96 Å². The number of nitrogens with one attached hydrogen (secondary N) is 2. The van der Waals surface area contributed by atoms with Gasteiger partial charge in [-0.25, -0.2) is 0 Å². The average molecular weight is 350 g/mol. The van der Waals surface area contributed by atoms with Gasteiger partial charge in [0.1, 0.15) is 0 Å². The SMILES string of the molecule is CN=C(NC[C@H]1CCCN1CC(C)C)N1CCCC2(CNC(=O)C2)C1. The Bertz CT molecular complexity index is 506. The summed E-state index contributed by atoms with van der Waals surface area (Å²) in [6.45, 7) is 10.8. The molecule has 142 valence electrons. The van der Waals surface area contributed by atoms with Crippen LogP contribution in [0.4, 0.5) is 0 Å². The normalized spacial score (nSPS) is 31.2.